The number of aryl methyl sites for hydroxylation is 1. The molecule has 0 atom stereocenters. The van der Waals surface area contributed by atoms with Crippen molar-refractivity contribution in [2.75, 3.05) is 37.0 Å². The SMILES string of the molecule is COc1ccc(NC(=O)N2CCN(c3cccc(C)c3C)C(=O)C2)cc1. The third-order valence-corrected chi connectivity index (χ3v) is 4.72. The second-order valence-corrected chi connectivity index (χ2v) is 6.34. The van der Waals surface area contributed by atoms with Crippen molar-refractivity contribution in [3.8, 4) is 5.75 Å². The highest BCUT2D eigenvalue weighted by molar-refractivity contribution is 6.00. The van der Waals surface area contributed by atoms with Crippen LogP contribution in [0, 0.1) is 13.8 Å². The summed E-state index contributed by atoms with van der Waals surface area (Å²) in [7, 11) is 1.59. The van der Waals surface area contributed by atoms with Crippen LogP contribution in [0.5, 0.6) is 5.75 Å². The monoisotopic (exact) mass is 353 g/mol. The zero-order chi connectivity index (χ0) is 18.7. The molecule has 1 heterocycles. The Labute approximate surface area is 153 Å². The molecule has 0 bridgehead atoms. The number of piperazine rings is 1. The second-order valence-electron chi connectivity index (χ2n) is 6.34. The highest BCUT2D eigenvalue weighted by atomic mass is 16.5. The van der Waals surface area contributed by atoms with Crippen LogP contribution in [0.2, 0.25) is 0 Å². The van der Waals surface area contributed by atoms with E-state index in [0.717, 1.165) is 22.6 Å². The summed E-state index contributed by atoms with van der Waals surface area (Å²) in [6, 6.07) is 12.8. The van der Waals surface area contributed by atoms with Gasteiger partial charge >= 0.3 is 6.03 Å². The molecule has 0 spiro atoms. The number of hydrogen-bond donors (Lipinski definition) is 1. The predicted molar refractivity (Wildman–Crippen MR) is 102 cm³/mol. The summed E-state index contributed by atoms with van der Waals surface area (Å²) in [5.41, 5.74) is 3.83. The molecule has 3 amide bonds. The number of anilines is 2. The van der Waals surface area contributed by atoms with Gasteiger partial charge in [-0.1, -0.05) is 12.1 Å². The Bertz CT molecular complexity index is 818. The molecule has 6 heteroatoms. The topological polar surface area (TPSA) is 61.9 Å². The number of benzene rings is 2. The van der Waals surface area contributed by atoms with Gasteiger partial charge in [0.15, 0.2) is 0 Å². The lowest BCUT2D eigenvalue weighted by atomic mass is 10.1. The van der Waals surface area contributed by atoms with Gasteiger partial charge in [0.2, 0.25) is 5.91 Å². The van der Waals surface area contributed by atoms with Gasteiger partial charge < -0.3 is 19.9 Å². The minimum Gasteiger partial charge on any atom is -0.497 e. The fraction of sp³-hybridized carbons (Fsp3) is 0.300. The number of hydrogen-bond acceptors (Lipinski definition) is 3. The van der Waals surface area contributed by atoms with Crippen LogP contribution in [-0.2, 0) is 4.79 Å². The van der Waals surface area contributed by atoms with Gasteiger partial charge in [0.05, 0.1) is 7.11 Å². The number of rotatable bonds is 3. The Morgan fingerprint density at radius 1 is 1.08 bits per heavy atom. The molecule has 1 fully saturated rings. The average molecular weight is 353 g/mol. The maximum Gasteiger partial charge on any atom is 0.322 e. The van der Waals surface area contributed by atoms with Crippen molar-refractivity contribution in [2.45, 2.75) is 13.8 Å². The minimum atomic E-state index is -0.274. The zero-order valence-electron chi connectivity index (χ0n) is 15.3. The standard InChI is InChI=1S/C20H23N3O3/c1-14-5-4-6-18(15(14)2)23-12-11-22(13-19(23)24)20(25)21-16-7-9-17(26-3)10-8-16/h4-10H,11-13H2,1-3H3,(H,21,25). The van der Waals surface area contributed by atoms with Crippen molar-refractivity contribution in [1.82, 2.24) is 4.90 Å². The van der Waals surface area contributed by atoms with Crippen LogP contribution in [0.4, 0.5) is 16.2 Å². The van der Waals surface area contributed by atoms with Crippen molar-refractivity contribution < 1.29 is 14.3 Å². The summed E-state index contributed by atoms with van der Waals surface area (Å²) in [5.74, 6) is 0.648. The minimum absolute atomic E-state index is 0.0649. The van der Waals surface area contributed by atoms with Gasteiger partial charge in [0.25, 0.3) is 0 Å². The van der Waals surface area contributed by atoms with Gasteiger partial charge in [0, 0.05) is 24.5 Å². The molecule has 0 unspecified atom stereocenters. The quantitative estimate of drug-likeness (QED) is 0.922. The van der Waals surface area contributed by atoms with Crippen molar-refractivity contribution in [3.63, 3.8) is 0 Å². The Morgan fingerprint density at radius 2 is 1.81 bits per heavy atom. The van der Waals surface area contributed by atoms with E-state index in [1.807, 2.05) is 32.0 Å². The molecule has 1 aliphatic heterocycles. The summed E-state index contributed by atoms with van der Waals surface area (Å²) < 4.78 is 5.10. The number of carbonyl (C=O) groups excluding carboxylic acids is 2. The average Bonchev–Trinajstić information content (AvgIpc) is 2.65. The molecule has 1 aliphatic rings. The number of nitrogens with one attached hydrogen (secondary N) is 1. The number of carbonyl (C=O) groups is 2. The lowest BCUT2D eigenvalue weighted by Gasteiger charge is -2.35. The first-order valence-corrected chi connectivity index (χ1v) is 8.56. The largest absolute Gasteiger partial charge is 0.497 e. The summed E-state index contributed by atoms with van der Waals surface area (Å²) >= 11 is 0. The first kappa shape index (κ1) is 17.8. The van der Waals surface area contributed by atoms with Gasteiger partial charge in [-0.25, -0.2) is 4.79 Å². The van der Waals surface area contributed by atoms with Crippen molar-refractivity contribution >= 4 is 23.3 Å². The summed E-state index contributed by atoms with van der Waals surface area (Å²) in [6.07, 6.45) is 0. The summed E-state index contributed by atoms with van der Waals surface area (Å²) in [4.78, 5) is 28.3. The van der Waals surface area contributed by atoms with Crippen molar-refractivity contribution in [1.29, 1.82) is 0 Å². The zero-order valence-corrected chi connectivity index (χ0v) is 15.3. The molecule has 1 saturated heterocycles. The molecular formula is C20H23N3O3. The Balaban J connectivity index is 1.65. The van der Waals surface area contributed by atoms with E-state index in [-0.39, 0.29) is 18.5 Å². The Morgan fingerprint density at radius 3 is 2.46 bits per heavy atom. The van der Waals surface area contributed by atoms with Gasteiger partial charge in [-0.05, 0) is 55.3 Å². The number of ether oxygens (including phenoxy) is 1. The molecule has 136 valence electrons. The number of nitrogens with zero attached hydrogens (tertiary/aromatic N) is 2. The molecule has 2 aromatic carbocycles. The normalized spacial score (nSPS) is 14.3. The van der Waals surface area contributed by atoms with E-state index in [4.69, 9.17) is 4.74 Å². The summed E-state index contributed by atoms with van der Waals surface area (Å²) in [5, 5.41) is 2.82. The fourth-order valence-electron chi connectivity index (χ4n) is 3.01. The molecular weight excluding hydrogens is 330 g/mol. The van der Waals surface area contributed by atoms with Gasteiger partial charge in [-0.2, -0.15) is 0 Å². The predicted octanol–water partition coefficient (Wildman–Crippen LogP) is 3.19. The van der Waals surface area contributed by atoms with Crippen LogP contribution in [0.3, 0.4) is 0 Å². The molecule has 6 nitrogen and oxygen atoms in total. The first-order valence-electron chi connectivity index (χ1n) is 8.56. The van der Waals surface area contributed by atoms with Crippen LogP contribution >= 0.6 is 0 Å². The van der Waals surface area contributed by atoms with Gasteiger partial charge in [-0.3, -0.25) is 4.79 Å². The molecule has 1 N–H and O–H groups in total. The first-order chi connectivity index (χ1) is 12.5. The lowest BCUT2D eigenvalue weighted by molar-refractivity contribution is -0.120. The smallest absolute Gasteiger partial charge is 0.322 e. The van der Waals surface area contributed by atoms with Crippen LogP contribution < -0.4 is 15.0 Å². The molecule has 2 aromatic rings. The molecule has 0 radical (unpaired) electrons. The number of urea groups is 1. The maximum absolute atomic E-state index is 12.6. The maximum atomic E-state index is 12.6. The van der Waals surface area contributed by atoms with E-state index in [2.05, 4.69) is 5.32 Å². The van der Waals surface area contributed by atoms with Crippen LogP contribution in [-0.4, -0.2) is 43.6 Å². The van der Waals surface area contributed by atoms with Crippen molar-refractivity contribution in [3.05, 3.63) is 53.6 Å². The second kappa shape index (κ2) is 7.47. The highest BCUT2D eigenvalue weighted by Gasteiger charge is 2.29. The molecule has 3 rings (SSSR count). The van der Waals surface area contributed by atoms with E-state index in [0.29, 0.717) is 18.8 Å². The third kappa shape index (κ3) is 3.64. The van der Waals surface area contributed by atoms with Gasteiger partial charge in [0.1, 0.15) is 12.3 Å². The Kier molecular flexibility index (Phi) is 5.11. The van der Waals surface area contributed by atoms with Crippen LogP contribution in [0.15, 0.2) is 42.5 Å². The van der Waals surface area contributed by atoms with Crippen LogP contribution in [0.25, 0.3) is 0 Å². The van der Waals surface area contributed by atoms with Gasteiger partial charge in [-0.15, -0.1) is 0 Å². The number of methoxy groups -OCH3 is 1. The Hall–Kier alpha value is -3.02. The van der Waals surface area contributed by atoms with E-state index < -0.39 is 0 Å². The molecule has 0 saturated carbocycles. The fourth-order valence-corrected chi connectivity index (χ4v) is 3.01. The molecule has 26 heavy (non-hydrogen) atoms. The van der Waals surface area contributed by atoms with E-state index in [1.54, 1.807) is 36.3 Å². The van der Waals surface area contributed by atoms with Crippen molar-refractivity contribution in [2.24, 2.45) is 0 Å². The molecule has 0 aliphatic carbocycles. The van der Waals surface area contributed by atoms with E-state index >= 15 is 0 Å². The summed E-state index contributed by atoms with van der Waals surface area (Å²) in [6.45, 7) is 5.08. The molecule has 0 aromatic heterocycles. The third-order valence-electron chi connectivity index (χ3n) is 4.72. The number of amides is 3. The van der Waals surface area contributed by atoms with E-state index in [9.17, 15) is 9.59 Å². The van der Waals surface area contributed by atoms with Crippen LogP contribution in [0.1, 0.15) is 11.1 Å². The van der Waals surface area contributed by atoms with E-state index in [1.165, 1.54) is 4.90 Å². The highest BCUT2D eigenvalue weighted by Crippen LogP contribution is 2.24. The lowest BCUT2D eigenvalue weighted by Crippen LogP contribution is -2.53.